The quantitative estimate of drug-likeness (QED) is 0.641. The number of carbonyl (C=O) groups is 2. The van der Waals surface area contributed by atoms with Crippen molar-refractivity contribution in [3.05, 3.63) is 52.0 Å². The van der Waals surface area contributed by atoms with E-state index in [1.165, 1.54) is 0 Å². The Morgan fingerprint density at radius 1 is 1.21 bits per heavy atom. The first-order valence-corrected chi connectivity index (χ1v) is 8.56. The summed E-state index contributed by atoms with van der Waals surface area (Å²) in [4.78, 5) is 27.5. The Morgan fingerprint density at radius 3 is 2.79 bits per heavy atom. The Bertz CT molecular complexity index is 930. The van der Waals surface area contributed by atoms with Crippen molar-refractivity contribution in [2.24, 2.45) is 0 Å². The molecule has 3 heterocycles. The van der Waals surface area contributed by atoms with E-state index >= 15 is 0 Å². The standard InChI is InChI=1S/C17H13N3O2S2/c1-20-8-10-3-2-9(6-12(10)16(20)22)14-5-4-11(24-14)7-13-15(21)19-17(23)18-13/h2-7H,8H2,1H3,(H2,18,19,21,23). The Kier molecular flexibility index (Phi) is 3.47. The fraction of sp³-hybridized carbons (Fsp3) is 0.118. The summed E-state index contributed by atoms with van der Waals surface area (Å²) < 4.78 is 0. The predicted molar refractivity (Wildman–Crippen MR) is 97.4 cm³/mol. The predicted octanol–water partition coefficient (Wildman–Crippen LogP) is 2.35. The van der Waals surface area contributed by atoms with Crippen LogP contribution < -0.4 is 10.6 Å². The van der Waals surface area contributed by atoms with Crippen molar-refractivity contribution >= 4 is 46.6 Å². The van der Waals surface area contributed by atoms with E-state index in [0.717, 1.165) is 26.4 Å². The molecule has 2 aliphatic rings. The Balaban J connectivity index is 1.65. The number of carbonyl (C=O) groups excluding carboxylic acids is 2. The number of thiophene rings is 1. The minimum atomic E-state index is -0.221. The Labute approximate surface area is 148 Å². The van der Waals surface area contributed by atoms with Gasteiger partial charge in [-0.05, 0) is 47.6 Å². The van der Waals surface area contributed by atoms with Crippen LogP contribution in [0.2, 0.25) is 0 Å². The van der Waals surface area contributed by atoms with Crippen molar-refractivity contribution in [2.45, 2.75) is 6.54 Å². The number of nitrogens with zero attached hydrogens (tertiary/aromatic N) is 1. The molecular weight excluding hydrogens is 342 g/mol. The molecule has 0 aliphatic carbocycles. The lowest BCUT2D eigenvalue weighted by Gasteiger charge is -2.04. The van der Waals surface area contributed by atoms with Crippen LogP contribution in [-0.4, -0.2) is 28.9 Å². The summed E-state index contributed by atoms with van der Waals surface area (Å²) in [5.41, 5.74) is 3.28. The van der Waals surface area contributed by atoms with Gasteiger partial charge in [0.15, 0.2) is 5.11 Å². The highest BCUT2D eigenvalue weighted by molar-refractivity contribution is 7.80. The van der Waals surface area contributed by atoms with Gasteiger partial charge in [0.05, 0.1) is 0 Å². The molecule has 7 heteroatoms. The van der Waals surface area contributed by atoms with E-state index in [4.69, 9.17) is 12.2 Å². The molecule has 2 N–H and O–H groups in total. The first-order chi connectivity index (χ1) is 11.5. The number of hydrogen-bond donors (Lipinski definition) is 2. The van der Waals surface area contributed by atoms with Gasteiger partial charge in [-0.15, -0.1) is 11.3 Å². The van der Waals surface area contributed by atoms with Crippen LogP contribution in [0.15, 0.2) is 36.0 Å². The van der Waals surface area contributed by atoms with Crippen LogP contribution in [0.1, 0.15) is 20.8 Å². The molecule has 0 bridgehead atoms. The van der Waals surface area contributed by atoms with E-state index in [9.17, 15) is 9.59 Å². The summed E-state index contributed by atoms with van der Waals surface area (Å²) in [5.74, 6) is -0.160. The third kappa shape index (κ3) is 2.51. The van der Waals surface area contributed by atoms with Gasteiger partial charge >= 0.3 is 0 Å². The van der Waals surface area contributed by atoms with Crippen molar-refractivity contribution in [1.29, 1.82) is 0 Å². The minimum absolute atomic E-state index is 0.0612. The van der Waals surface area contributed by atoms with E-state index in [1.807, 2.05) is 37.4 Å². The zero-order valence-corrected chi connectivity index (χ0v) is 14.4. The van der Waals surface area contributed by atoms with Crippen LogP contribution in [0.4, 0.5) is 0 Å². The van der Waals surface area contributed by atoms with Crippen LogP contribution in [0.5, 0.6) is 0 Å². The molecule has 0 radical (unpaired) electrons. The lowest BCUT2D eigenvalue weighted by molar-refractivity contribution is -0.115. The van der Waals surface area contributed by atoms with E-state index in [1.54, 1.807) is 22.3 Å². The molecule has 0 unspecified atom stereocenters. The second kappa shape index (κ2) is 5.54. The largest absolute Gasteiger partial charge is 0.337 e. The number of rotatable bonds is 2. The smallest absolute Gasteiger partial charge is 0.273 e. The molecule has 2 amide bonds. The van der Waals surface area contributed by atoms with Gasteiger partial charge in [-0.3, -0.25) is 14.9 Å². The molecule has 5 nitrogen and oxygen atoms in total. The molecule has 4 rings (SSSR count). The van der Waals surface area contributed by atoms with Gasteiger partial charge < -0.3 is 10.2 Å². The summed E-state index contributed by atoms with van der Waals surface area (Å²) in [7, 11) is 1.81. The maximum absolute atomic E-state index is 12.1. The molecule has 2 aromatic rings. The summed E-state index contributed by atoms with van der Waals surface area (Å²) >= 11 is 6.48. The second-order valence-corrected chi connectivity index (χ2v) is 7.23. The van der Waals surface area contributed by atoms with Crippen molar-refractivity contribution in [1.82, 2.24) is 15.5 Å². The molecular formula is C17H13N3O2S2. The van der Waals surface area contributed by atoms with Gasteiger partial charge in [-0.1, -0.05) is 12.1 Å². The number of hydrogen-bond acceptors (Lipinski definition) is 4. The van der Waals surface area contributed by atoms with E-state index < -0.39 is 0 Å². The number of thiocarbonyl (C=S) groups is 1. The highest BCUT2D eigenvalue weighted by Gasteiger charge is 2.25. The van der Waals surface area contributed by atoms with Crippen LogP contribution in [0.25, 0.3) is 16.5 Å². The van der Waals surface area contributed by atoms with Crippen molar-refractivity contribution in [3.8, 4) is 10.4 Å². The third-order valence-electron chi connectivity index (χ3n) is 4.01. The maximum atomic E-state index is 12.1. The van der Waals surface area contributed by atoms with E-state index in [-0.39, 0.29) is 11.8 Å². The molecule has 120 valence electrons. The average molecular weight is 355 g/mol. The van der Waals surface area contributed by atoms with Gasteiger partial charge in [-0.25, -0.2) is 0 Å². The number of benzene rings is 1. The first-order valence-electron chi connectivity index (χ1n) is 7.34. The van der Waals surface area contributed by atoms with Crippen LogP contribution in [0.3, 0.4) is 0 Å². The highest BCUT2D eigenvalue weighted by Crippen LogP contribution is 2.32. The van der Waals surface area contributed by atoms with Crippen LogP contribution in [-0.2, 0) is 11.3 Å². The lowest BCUT2D eigenvalue weighted by Crippen LogP contribution is -2.21. The topological polar surface area (TPSA) is 61.4 Å². The summed E-state index contributed by atoms with van der Waals surface area (Å²) in [6, 6.07) is 9.93. The van der Waals surface area contributed by atoms with Crippen molar-refractivity contribution in [2.75, 3.05) is 7.05 Å². The van der Waals surface area contributed by atoms with Crippen molar-refractivity contribution in [3.63, 3.8) is 0 Å². The zero-order chi connectivity index (χ0) is 16.8. The molecule has 1 aromatic heterocycles. The van der Waals surface area contributed by atoms with Crippen LogP contribution >= 0.6 is 23.6 Å². The zero-order valence-electron chi connectivity index (χ0n) is 12.8. The summed E-state index contributed by atoms with van der Waals surface area (Å²) in [6.07, 6.45) is 1.77. The molecule has 24 heavy (non-hydrogen) atoms. The SMILES string of the molecule is CN1Cc2ccc(-c3ccc(C=C4NC(=S)NC4=O)s3)cc2C1=O. The average Bonchev–Trinajstić information content (AvgIpc) is 3.20. The van der Waals surface area contributed by atoms with Crippen LogP contribution in [0, 0.1) is 0 Å². The van der Waals surface area contributed by atoms with E-state index in [2.05, 4.69) is 10.6 Å². The molecule has 1 aromatic carbocycles. The summed E-state index contributed by atoms with van der Waals surface area (Å²) in [6.45, 7) is 0.664. The fourth-order valence-electron chi connectivity index (χ4n) is 2.81. The number of fused-ring (bicyclic) bond motifs is 1. The van der Waals surface area contributed by atoms with Gasteiger partial charge in [0, 0.05) is 28.9 Å². The second-order valence-electron chi connectivity index (χ2n) is 5.70. The molecule has 1 fully saturated rings. The maximum Gasteiger partial charge on any atom is 0.273 e. The normalized spacial score (nSPS) is 18.1. The Morgan fingerprint density at radius 2 is 2.04 bits per heavy atom. The number of amides is 2. The van der Waals surface area contributed by atoms with Gasteiger partial charge in [0.1, 0.15) is 5.70 Å². The fourth-order valence-corrected chi connectivity index (χ4v) is 3.96. The van der Waals surface area contributed by atoms with Gasteiger partial charge in [-0.2, -0.15) is 0 Å². The van der Waals surface area contributed by atoms with Gasteiger partial charge in [0.25, 0.3) is 11.8 Å². The monoisotopic (exact) mass is 355 g/mol. The van der Waals surface area contributed by atoms with Gasteiger partial charge in [0.2, 0.25) is 0 Å². The molecule has 2 aliphatic heterocycles. The van der Waals surface area contributed by atoms with E-state index in [0.29, 0.717) is 17.4 Å². The number of nitrogens with one attached hydrogen (secondary N) is 2. The third-order valence-corrected chi connectivity index (χ3v) is 5.30. The molecule has 0 spiro atoms. The lowest BCUT2D eigenvalue weighted by atomic mass is 10.1. The molecule has 0 atom stereocenters. The minimum Gasteiger partial charge on any atom is -0.337 e. The van der Waals surface area contributed by atoms with Crippen molar-refractivity contribution < 1.29 is 9.59 Å². The first kappa shape index (κ1) is 15.0. The molecule has 0 saturated carbocycles. The highest BCUT2D eigenvalue weighted by atomic mass is 32.1. The molecule has 1 saturated heterocycles. The summed E-state index contributed by atoms with van der Waals surface area (Å²) in [5, 5.41) is 5.70. The Hall–Kier alpha value is -2.51.